The molecule has 0 aliphatic carbocycles. The van der Waals surface area contributed by atoms with E-state index in [9.17, 15) is 9.59 Å². The number of anilines is 1. The van der Waals surface area contributed by atoms with Crippen molar-refractivity contribution in [1.29, 1.82) is 0 Å². The van der Waals surface area contributed by atoms with E-state index in [2.05, 4.69) is 19.8 Å². The second kappa shape index (κ2) is 9.26. The molecule has 8 nitrogen and oxygen atoms in total. The number of likely N-dealkylation sites (N-methyl/N-ethyl adjacent to an activating group) is 1. The van der Waals surface area contributed by atoms with E-state index in [-0.39, 0.29) is 17.2 Å². The van der Waals surface area contributed by atoms with Gasteiger partial charge in [0.2, 0.25) is 0 Å². The molecule has 8 heteroatoms. The molecule has 1 aliphatic rings. The fourth-order valence-corrected chi connectivity index (χ4v) is 4.24. The monoisotopic (exact) mass is 437 g/mol. The molecule has 3 heterocycles. The highest BCUT2D eigenvalue weighted by molar-refractivity contribution is 6.05. The van der Waals surface area contributed by atoms with Crippen molar-refractivity contribution in [2.75, 3.05) is 32.6 Å². The lowest BCUT2D eigenvalue weighted by Gasteiger charge is -2.17. The van der Waals surface area contributed by atoms with E-state index < -0.39 is 5.91 Å². The molecular weight excluding hydrogens is 406 g/mol. The Morgan fingerprint density at radius 2 is 2.09 bits per heavy atom. The van der Waals surface area contributed by atoms with E-state index in [4.69, 9.17) is 4.74 Å². The minimum atomic E-state index is -0.403. The van der Waals surface area contributed by atoms with Crippen molar-refractivity contribution in [2.24, 2.45) is 0 Å². The van der Waals surface area contributed by atoms with Crippen molar-refractivity contribution >= 4 is 22.6 Å². The topological polar surface area (TPSA) is 81.4 Å². The van der Waals surface area contributed by atoms with Crippen molar-refractivity contribution in [1.82, 2.24) is 19.0 Å². The minimum Gasteiger partial charge on any atom is -0.376 e. The normalized spacial score (nSPS) is 16.2. The van der Waals surface area contributed by atoms with Crippen LogP contribution >= 0.6 is 0 Å². The van der Waals surface area contributed by atoms with Crippen LogP contribution in [0.4, 0.5) is 5.69 Å². The first-order valence-corrected chi connectivity index (χ1v) is 11.1. The number of benzene rings is 1. The van der Waals surface area contributed by atoms with Gasteiger partial charge in [0.15, 0.2) is 0 Å². The maximum Gasteiger partial charge on any atom is 0.263 e. The van der Waals surface area contributed by atoms with E-state index in [1.165, 1.54) is 0 Å². The van der Waals surface area contributed by atoms with Gasteiger partial charge in [-0.25, -0.2) is 4.98 Å². The van der Waals surface area contributed by atoms with Gasteiger partial charge in [-0.3, -0.25) is 9.59 Å². The zero-order valence-electron chi connectivity index (χ0n) is 19.2. The zero-order chi connectivity index (χ0) is 22.8. The molecule has 0 spiro atoms. The number of fused-ring (bicyclic) bond motifs is 1. The summed E-state index contributed by atoms with van der Waals surface area (Å²) >= 11 is 0. The number of aromatic nitrogens is 3. The summed E-state index contributed by atoms with van der Waals surface area (Å²) < 4.78 is 9.45. The van der Waals surface area contributed by atoms with Gasteiger partial charge in [0.05, 0.1) is 30.0 Å². The second-order valence-corrected chi connectivity index (χ2v) is 8.79. The van der Waals surface area contributed by atoms with Crippen molar-refractivity contribution < 1.29 is 9.53 Å². The van der Waals surface area contributed by atoms with E-state index >= 15 is 0 Å². The third kappa shape index (κ3) is 4.61. The molecule has 4 rings (SSSR count). The van der Waals surface area contributed by atoms with Gasteiger partial charge in [-0.15, -0.1) is 0 Å². The van der Waals surface area contributed by atoms with Crippen LogP contribution in [0.3, 0.4) is 0 Å². The molecule has 0 bridgehead atoms. The lowest BCUT2D eigenvalue weighted by molar-refractivity contribution is 0.0947. The van der Waals surface area contributed by atoms with E-state index in [1.54, 1.807) is 11.5 Å². The fraction of sp³-hybridized carbons (Fsp3) is 0.458. The average Bonchev–Trinajstić information content (AvgIpc) is 3.39. The number of nitrogens with one attached hydrogen (secondary N) is 1. The summed E-state index contributed by atoms with van der Waals surface area (Å²) in [6.07, 6.45) is 3.77. The number of rotatable bonds is 7. The van der Waals surface area contributed by atoms with Gasteiger partial charge in [-0.1, -0.05) is 0 Å². The van der Waals surface area contributed by atoms with Crippen molar-refractivity contribution in [3.8, 4) is 0 Å². The van der Waals surface area contributed by atoms with Crippen LogP contribution in [-0.2, 0) is 17.8 Å². The third-order valence-electron chi connectivity index (χ3n) is 6.01. The molecule has 0 unspecified atom stereocenters. The van der Waals surface area contributed by atoms with Crippen LogP contribution in [0.1, 0.15) is 34.5 Å². The van der Waals surface area contributed by atoms with Crippen molar-refractivity contribution in [2.45, 2.75) is 45.9 Å². The van der Waals surface area contributed by atoms with Crippen molar-refractivity contribution in [3.05, 3.63) is 57.8 Å². The van der Waals surface area contributed by atoms with Gasteiger partial charge in [0, 0.05) is 31.1 Å². The lowest BCUT2D eigenvalue weighted by atomic mass is 10.1. The first kappa shape index (κ1) is 22.2. The van der Waals surface area contributed by atoms with Gasteiger partial charge in [0.25, 0.3) is 11.5 Å². The van der Waals surface area contributed by atoms with Crippen LogP contribution in [0.15, 0.2) is 35.4 Å². The van der Waals surface area contributed by atoms with Crippen molar-refractivity contribution in [3.63, 3.8) is 0 Å². The summed E-state index contributed by atoms with van der Waals surface area (Å²) in [4.78, 5) is 32.9. The maximum atomic E-state index is 13.2. The Labute approximate surface area is 187 Å². The molecular formula is C24H31N5O3. The Hall–Kier alpha value is -2.97. The number of pyridine rings is 1. The number of hydrogen-bond acceptors (Lipinski definition) is 5. The number of amides is 1. The molecule has 1 amide bonds. The molecule has 1 aliphatic heterocycles. The van der Waals surface area contributed by atoms with E-state index in [0.717, 1.165) is 49.3 Å². The molecule has 0 saturated carbocycles. The van der Waals surface area contributed by atoms with Gasteiger partial charge in [-0.05, 0) is 70.6 Å². The maximum absolute atomic E-state index is 13.2. The average molecular weight is 438 g/mol. The first-order valence-electron chi connectivity index (χ1n) is 11.1. The third-order valence-corrected chi connectivity index (χ3v) is 6.01. The highest BCUT2D eigenvalue weighted by Crippen LogP contribution is 2.20. The summed E-state index contributed by atoms with van der Waals surface area (Å²) in [5.41, 5.74) is 3.83. The summed E-state index contributed by atoms with van der Waals surface area (Å²) in [6, 6.07) is 7.53. The molecule has 3 aromatic rings. The number of hydrogen-bond donors (Lipinski definition) is 1. The summed E-state index contributed by atoms with van der Waals surface area (Å²) in [5.74, 6) is -0.403. The molecule has 32 heavy (non-hydrogen) atoms. The Morgan fingerprint density at radius 1 is 1.28 bits per heavy atom. The summed E-state index contributed by atoms with van der Waals surface area (Å²) in [6.45, 7) is 6.64. The predicted octanol–water partition coefficient (Wildman–Crippen LogP) is 2.81. The van der Waals surface area contributed by atoms with Crippen LogP contribution < -0.4 is 10.9 Å². The van der Waals surface area contributed by atoms with Gasteiger partial charge in [0.1, 0.15) is 5.56 Å². The zero-order valence-corrected chi connectivity index (χ0v) is 19.2. The first-order chi connectivity index (χ1) is 15.3. The molecule has 170 valence electrons. The standard InChI is InChI=1S/C24H31N5O3/c1-16-12-17(2)29(14-19-6-5-11-32-19)24(31)22(16)23(30)26-18-7-8-21-20(13-18)25-15-28(21)10-9-27(3)4/h7-8,12-13,15,19H,5-6,9-11,14H2,1-4H3,(H,26,30)/t19-/m0/s1. The minimum absolute atomic E-state index is 0.0232. The van der Waals surface area contributed by atoms with Crippen LogP contribution in [-0.4, -0.2) is 58.3 Å². The second-order valence-electron chi connectivity index (χ2n) is 8.79. The SMILES string of the molecule is Cc1cc(C)n(C[C@@H]2CCCO2)c(=O)c1C(=O)Nc1ccc2c(c1)ncn2CCN(C)C. The number of carbonyl (C=O) groups is 1. The largest absolute Gasteiger partial charge is 0.376 e. The molecule has 1 N–H and O–H groups in total. The van der Waals surface area contributed by atoms with Gasteiger partial charge < -0.3 is 24.1 Å². The van der Waals surface area contributed by atoms with Crippen LogP contribution in [0.25, 0.3) is 11.0 Å². The number of nitrogens with zero attached hydrogens (tertiary/aromatic N) is 4. The number of carbonyl (C=O) groups excluding carboxylic acids is 1. The summed E-state index contributed by atoms with van der Waals surface area (Å²) in [5, 5.41) is 2.89. The number of imidazole rings is 1. The Morgan fingerprint density at radius 3 is 2.81 bits per heavy atom. The highest BCUT2D eigenvalue weighted by atomic mass is 16.5. The lowest BCUT2D eigenvalue weighted by Crippen LogP contribution is -2.34. The molecule has 0 radical (unpaired) electrons. The smallest absolute Gasteiger partial charge is 0.263 e. The van der Waals surface area contributed by atoms with Gasteiger partial charge in [-0.2, -0.15) is 0 Å². The van der Waals surface area contributed by atoms with Gasteiger partial charge >= 0.3 is 0 Å². The molecule has 1 atom stereocenters. The predicted molar refractivity (Wildman–Crippen MR) is 125 cm³/mol. The quantitative estimate of drug-likeness (QED) is 0.615. The van der Waals surface area contributed by atoms with Crippen LogP contribution in [0, 0.1) is 13.8 Å². The Bertz CT molecular complexity index is 1190. The van der Waals surface area contributed by atoms with E-state index in [1.807, 2.05) is 51.6 Å². The highest BCUT2D eigenvalue weighted by Gasteiger charge is 2.22. The van der Waals surface area contributed by atoms with Crippen LogP contribution in [0.5, 0.6) is 0 Å². The Kier molecular flexibility index (Phi) is 6.43. The Balaban J connectivity index is 1.57. The number of aryl methyl sites for hydroxylation is 2. The fourth-order valence-electron chi connectivity index (χ4n) is 4.24. The van der Waals surface area contributed by atoms with Crippen LogP contribution in [0.2, 0.25) is 0 Å². The molecule has 1 saturated heterocycles. The van der Waals surface area contributed by atoms with E-state index in [0.29, 0.717) is 17.8 Å². The molecule has 1 aromatic carbocycles. The number of ether oxygens (including phenoxy) is 1. The summed E-state index contributed by atoms with van der Waals surface area (Å²) in [7, 11) is 4.07. The molecule has 2 aromatic heterocycles. The molecule has 1 fully saturated rings.